The first-order valence-electron chi connectivity index (χ1n) is 4.95. The zero-order valence-corrected chi connectivity index (χ0v) is 9.95. The molecule has 17 heavy (non-hydrogen) atoms. The van der Waals surface area contributed by atoms with Crippen molar-refractivity contribution in [2.24, 2.45) is 0 Å². The molecule has 0 saturated heterocycles. The highest BCUT2D eigenvalue weighted by molar-refractivity contribution is 6.33. The fraction of sp³-hybridized carbons (Fsp3) is 0.273. The Kier molecular flexibility index (Phi) is 4.93. The van der Waals surface area contributed by atoms with E-state index in [2.05, 4.69) is 5.32 Å². The number of hydrogen-bond donors (Lipinski definition) is 2. The average Bonchev–Trinajstić information content (AvgIpc) is 2.26. The molecule has 92 valence electrons. The number of anilines is 1. The topological polar surface area (TPSA) is 75.6 Å². The zero-order chi connectivity index (χ0) is 12.8. The predicted molar refractivity (Wildman–Crippen MR) is 63.5 cm³/mol. The van der Waals surface area contributed by atoms with Crippen molar-refractivity contribution in [1.82, 2.24) is 0 Å². The summed E-state index contributed by atoms with van der Waals surface area (Å²) in [5.41, 5.74) is 0.430. The lowest BCUT2D eigenvalue weighted by atomic mass is 10.2. The largest absolute Gasteiger partial charge is 0.478 e. The number of rotatable bonds is 5. The normalized spacial score (nSPS) is 10.0. The van der Waals surface area contributed by atoms with E-state index >= 15 is 0 Å². The lowest BCUT2D eigenvalue weighted by Crippen LogP contribution is -2.18. The van der Waals surface area contributed by atoms with Crippen LogP contribution in [0.15, 0.2) is 18.2 Å². The van der Waals surface area contributed by atoms with Crippen LogP contribution in [0.1, 0.15) is 17.3 Å². The highest BCUT2D eigenvalue weighted by atomic mass is 35.5. The van der Waals surface area contributed by atoms with E-state index < -0.39 is 5.97 Å². The second-order valence-electron chi connectivity index (χ2n) is 3.19. The Bertz CT molecular complexity index is 433. The monoisotopic (exact) mass is 257 g/mol. The summed E-state index contributed by atoms with van der Waals surface area (Å²) in [5, 5.41) is 11.4. The summed E-state index contributed by atoms with van der Waals surface area (Å²) in [6.45, 7) is 2.19. The van der Waals surface area contributed by atoms with Gasteiger partial charge < -0.3 is 15.2 Å². The van der Waals surface area contributed by atoms with E-state index in [0.717, 1.165) is 0 Å². The number of hydrogen-bond acceptors (Lipinski definition) is 3. The Balaban J connectivity index is 2.70. The summed E-state index contributed by atoms with van der Waals surface area (Å²) < 4.78 is 4.92. The van der Waals surface area contributed by atoms with Crippen LogP contribution in [0.3, 0.4) is 0 Å². The third-order valence-electron chi connectivity index (χ3n) is 1.92. The number of carbonyl (C=O) groups is 2. The lowest BCUT2D eigenvalue weighted by Gasteiger charge is -2.06. The number of amides is 1. The van der Waals surface area contributed by atoms with Gasteiger partial charge in [0, 0.05) is 12.3 Å². The molecule has 0 bridgehead atoms. The van der Waals surface area contributed by atoms with E-state index in [0.29, 0.717) is 12.3 Å². The van der Waals surface area contributed by atoms with Gasteiger partial charge in [-0.05, 0) is 25.1 Å². The minimum atomic E-state index is -1.11. The number of benzene rings is 1. The van der Waals surface area contributed by atoms with Gasteiger partial charge in [-0.15, -0.1) is 0 Å². The number of aromatic carboxylic acids is 1. The van der Waals surface area contributed by atoms with E-state index in [-0.39, 0.29) is 23.1 Å². The molecule has 0 aliphatic carbocycles. The second kappa shape index (κ2) is 6.22. The van der Waals surface area contributed by atoms with Gasteiger partial charge in [0.15, 0.2) is 0 Å². The standard InChI is InChI=1S/C11H12ClNO4/c1-2-17-6-10(14)13-7-3-4-8(11(15)16)9(12)5-7/h3-5H,2,6H2,1H3,(H,13,14)(H,15,16). The van der Waals surface area contributed by atoms with Crippen LogP contribution in [0.5, 0.6) is 0 Å². The number of carboxylic acid groups (broad SMARTS) is 1. The van der Waals surface area contributed by atoms with Gasteiger partial charge in [-0.3, -0.25) is 4.79 Å². The molecule has 5 nitrogen and oxygen atoms in total. The third-order valence-corrected chi connectivity index (χ3v) is 2.23. The highest BCUT2D eigenvalue weighted by Crippen LogP contribution is 2.20. The highest BCUT2D eigenvalue weighted by Gasteiger charge is 2.10. The molecule has 1 aromatic rings. The van der Waals surface area contributed by atoms with Crippen molar-refractivity contribution in [1.29, 1.82) is 0 Å². The molecule has 0 aliphatic heterocycles. The smallest absolute Gasteiger partial charge is 0.337 e. The predicted octanol–water partition coefficient (Wildman–Crippen LogP) is 2.01. The maximum absolute atomic E-state index is 11.3. The molecule has 0 radical (unpaired) electrons. The molecule has 2 N–H and O–H groups in total. The number of carbonyl (C=O) groups excluding carboxylic acids is 1. The molecule has 0 spiro atoms. The Labute approximate surface area is 103 Å². The van der Waals surface area contributed by atoms with Crippen LogP contribution in [-0.2, 0) is 9.53 Å². The van der Waals surface area contributed by atoms with Crippen LogP contribution in [-0.4, -0.2) is 30.2 Å². The number of ether oxygens (including phenoxy) is 1. The van der Waals surface area contributed by atoms with Crippen LogP contribution in [0.25, 0.3) is 0 Å². The molecule has 0 aromatic heterocycles. The second-order valence-corrected chi connectivity index (χ2v) is 3.59. The first kappa shape index (κ1) is 13.5. The molecule has 0 atom stereocenters. The zero-order valence-electron chi connectivity index (χ0n) is 9.20. The average molecular weight is 258 g/mol. The Morgan fingerprint density at radius 1 is 1.47 bits per heavy atom. The Hall–Kier alpha value is -1.59. The summed E-state index contributed by atoms with van der Waals surface area (Å²) in [4.78, 5) is 22.0. The van der Waals surface area contributed by atoms with Crippen molar-refractivity contribution < 1.29 is 19.4 Å². The van der Waals surface area contributed by atoms with E-state index in [1.54, 1.807) is 6.92 Å². The molecule has 0 heterocycles. The fourth-order valence-electron chi connectivity index (χ4n) is 1.16. The summed E-state index contributed by atoms with van der Waals surface area (Å²) in [6, 6.07) is 4.19. The summed E-state index contributed by atoms with van der Waals surface area (Å²) >= 11 is 5.75. The van der Waals surface area contributed by atoms with Crippen molar-refractivity contribution in [2.75, 3.05) is 18.5 Å². The maximum atomic E-state index is 11.3. The number of nitrogens with one attached hydrogen (secondary N) is 1. The van der Waals surface area contributed by atoms with Gasteiger partial charge in [-0.2, -0.15) is 0 Å². The summed E-state index contributed by atoms with van der Waals surface area (Å²) in [5.74, 6) is -1.42. The van der Waals surface area contributed by atoms with Crippen LogP contribution < -0.4 is 5.32 Å². The first-order chi connectivity index (χ1) is 8.04. The van der Waals surface area contributed by atoms with Gasteiger partial charge >= 0.3 is 5.97 Å². The van der Waals surface area contributed by atoms with E-state index in [1.807, 2.05) is 0 Å². The number of halogens is 1. The van der Waals surface area contributed by atoms with Gasteiger partial charge in [0.2, 0.25) is 5.91 Å². The van der Waals surface area contributed by atoms with Crippen LogP contribution in [0, 0.1) is 0 Å². The lowest BCUT2D eigenvalue weighted by molar-refractivity contribution is -0.120. The van der Waals surface area contributed by atoms with Crippen molar-refractivity contribution in [3.8, 4) is 0 Å². The Morgan fingerprint density at radius 2 is 2.18 bits per heavy atom. The molecule has 6 heteroatoms. The van der Waals surface area contributed by atoms with E-state index in [4.69, 9.17) is 21.4 Å². The SMILES string of the molecule is CCOCC(=O)Nc1ccc(C(=O)O)c(Cl)c1. The third kappa shape index (κ3) is 4.05. The minimum Gasteiger partial charge on any atom is -0.478 e. The number of carboxylic acids is 1. The summed E-state index contributed by atoms with van der Waals surface area (Å²) in [7, 11) is 0. The van der Waals surface area contributed by atoms with E-state index in [1.165, 1.54) is 18.2 Å². The van der Waals surface area contributed by atoms with Crippen molar-refractivity contribution in [2.45, 2.75) is 6.92 Å². The first-order valence-corrected chi connectivity index (χ1v) is 5.32. The van der Waals surface area contributed by atoms with Crippen molar-refractivity contribution in [3.63, 3.8) is 0 Å². The molecule has 0 saturated carbocycles. The molecule has 1 aromatic carbocycles. The van der Waals surface area contributed by atoms with Crippen LogP contribution in [0.4, 0.5) is 5.69 Å². The molecule has 1 rings (SSSR count). The molecule has 1 amide bonds. The van der Waals surface area contributed by atoms with Gasteiger partial charge in [-0.25, -0.2) is 4.79 Å². The Morgan fingerprint density at radius 3 is 2.71 bits per heavy atom. The van der Waals surface area contributed by atoms with E-state index in [9.17, 15) is 9.59 Å². The van der Waals surface area contributed by atoms with Crippen LogP contribution in [0.2, 0.25) is 5.02 Å². The van der Waals surface area contributed by atoms with Crippen LogP contribution >= 0.6 is 11.6 Å². The van der Waals surface area contributed by atoms with Gasteiger partial charge in [0.05, 0.1) is 10.6 Å². The molecular weight excluding hydrogens is 246 g/mol. The molecule has 0 aliphatic rings. The molecule has 0 fully saturated rings. The molecular formula is C11H12ClNO4. The van der Waals surface area contributed by atoms with Gasteiger partial charge in [0.25, 0.3) is 0 Å². The maximum Gasteiger partial charge on any atom is 0.337 e. The quantitative estimate of drug-likeness (QED) is 0.846. The van der Waals surface area contributed by atoms with Crippen molar-refractivity contribution in [3.05, 3.63) is 28.8 Å². The fourth-order valence-corrected chi connectivity index (χ4v) is 1.42. The molecule has 0 unspecified atom stereocenters. The van der Waals surface area contributed by atoms with Crippen molar-refractivity contribution >= 4 is 29.2 Å². The van der Waals surface area contributed by atoms with Gasteiger partial charge in [0.1, 0.15) is 6.61 Å². The van der Waals surface area contributed by atoms with Gasteiger partial charge in [-0.1, -0.05) is 11.6 Å². The summed E-state index contributed by atoms with van der Waals surface area (Å²) in [6.07, 6.45) is 0. The minimum absolute atomic E-state index is 0.00512.